The van der Waals surface area contributed by atoms with E-state index in [1.54, 1.807) is 6.92 Å². The molecule has 1 saturated carbocycles. The quantitative estimate of drug-likeness (QED) is 0.899. The maximum Gasteiger partial charge on any atom is 0.259 e. The molecular formula is C16H19N3O4S. The van der Waals surface area contributed by atoms with Crippen LogP contribution in [0.3, 0.4) is 0 Å². The second-order valence-corrected chi connectivity index (χ2v) is 9.02. The van der Waals surface area contributed by atoms with Gasteiger partial charge in [0.2, 0.25) is 0 Å². The van der Waals surface area contributed by atoms with E-state index in [0.717, 1.165) is 18.5 Å². The second-order valence-electron chi connectivity index (χ2n) is 6.80. The lowest BCUT2D eigenvalue weighted by atomic mass is 10.1. The summed E-state index contributed by atoms with van der Waals surface area (Å²) in [6.07, 6.45) is 2.76. The number of nitrogens with one attached hydrogen (secondary N) is 1. The number of amides is 1. The molecule has 2 fully saturated rings. The summed E-state index contributed by atoms with van der Waals surface area (Å²) >= 11 is 0. The minimum atomic E-state index is -2.94. The molecule has 4 rings (SSSR count). The van der Waals surface area contributed by atoms with Crippen LogP contribution in [0.4, 0.5) is 0 Å². The van der Waals surface area contributed by atoms with Gasteiger partial charge in [-0.15, -0.1) is 0 Å². The molecule has 0 radical (unpaired) electrons. The first-order chi connectivity index (χ1) is 11.4. The van der Waals surface area contributed by atoms with Crippen LogP contribution in [0.2, 0.25) is 0 Å². The number of aromatic nitrogens is 2. The lowest BCUT2D eigenvalue weighted by molar-refractivity contribution is 0.0950. The summed E-state index contributed by atoms with van der Waals surface area (Å²) in [4.78, 5) is 17.1. The average molecular weight is 349 g/mol. The third-order valence-corrected chi connectivity index (χ3v) is 6.59. The van der Waals surface area contributed by atoms with E-state index in [1.165, 1.54) is 0 Å². The number of hydrogen-bond acceptors (Lipinski definition) is 6. The smallest absolute Gasteiger partial charge is 0.259 e. The summed E-state index contributed by atoms with van der Waals surface area (Å²) < 4.78 is 28.3. The Labute approximate surface area is 139 Å². The van der Waals surface area contributed by atoms with E-state index in [4.69, 9.17) is 4.52 Å². The Kier molecular flexibility index (Phi) is 3.59. The van der Waals surface area contributed by atoms with Crippen molar-refractivity contribution < 1.29 is 17.7 Å². The van der Waals surface area contributed by atoms with Gasteiger partial charge < -0.3 is 9.84 Å². The molecule has 8 heteroatoms. The Hall–Kier alpha value is -1.96. The molecule has 1 saturated heterocycles. The van der Waals surface area contributed by atoms with E-state index in [-0.39, 0.29) is 23.3 Å². The van der Waals surface area contributed by atoms with E-state index in [1.807, 2.05) is 6.07 Å². The zero-order chi connectivity index (χ0) is 16.9. The number of aryl methyl sites for hydroxylation is 1. The van der Waals surface area contributed by atoms with Crippen LogP contribution in [0.15, 0.2) is 10.6 Å². The molecule has 1 atom stereocenters. The van der Waals surface area contributed by atoms with Crippen molar-refractivity contribution >= 4 is 26.8 Å². The van der Waals surface area contributed by atoms with Crippen LogP contribution in [0.1, 0.15) is 46.9 Å². The predicted molar refractivity (Wildman–Crippen MR) is 87.6 cm³/mol. The van der Waals surface area contributed by atoms with Gasteiger partial charge in [0, 0.05) is 18.2 Å². The van der Waals surface area contributed by atoms with E-state index in [2.05, 4.69) is 15.5 Å². The van der Waals surface area contributed by atoms with Gasteiger partial charge in [-0.1, -0.05) is 5.16 Å². The van der Waals surface area contributed by atoms with Crippen molar-refractivity contribution in [1.29, 1.82) is 0 Å². The standard InChI is InChI=1S/C16H19N3O4S/c1-9-14-12(6-13(11-2-3-11)18-16(14)23-19-9)15(20)17-7-10-4-5-24(21,22)8-10/h6,10-11H,2-5,7-8H2,1H3,(H,17,20)/t10-/m0/s1. The summed E-state index contributed by atoms with van der Waals surface area (Å²) in [5, 5.41) is 7.43. The molecule has 0 unspecified atom stereocenters. The molecule has 24 heavy (non-hydrogen) atoms. The molecule has 1 aliphatic heterocycles. The van der Waals surface area contributed by atoms with Crippen LogP contribution in [0.5, 0.6) is 0 Å². The van der Waals surface area contributed by atoms with Gasteiger partial charge in [-0.2, -0.15) is 0 Å². The van der Waals surface area contributed by atoms with Crippen molar-refractivity contribution in [3.63, 3.8) is 0 Å². The van der Waals surface area contributed by atoms with Crippen LogP contribution in [-0.4, -0.2) is 42.5 Å². The molecule has 1 aliphatic carbocycles. The Morgan fingerprint density at radius 3 is 2.83 bits per heavy atom. The van der Waals surface area contributed by atoms with E-state index >= 15 is 0 Å². The number of carbonyl (C=O) groups is 1. The molecule has 0 aromatic carbocycles. The fourth-order valence-electron chi connectivity index (χ4n) is 3.25. The number of carbonyl (C=O) groups excluding carboxylic acids is 1. The molecule has 2 aromatic heterocycles. The fourth-order valence-corrected chi connectivity index (χ4v) is 5.11. The zero-order valence-corrected chi connectivity index (χ0v) is 14.2. The SMILES string of the molecule is Cc1noc2nc(C3CC3)cc(C(=O)NC[C@@H]3CCS(=O)(=O)C3)c12. The van der Waals surface area contributed by atoms with Gasteiger partial charge in [0.25, 0.3) is 11.6 Å². The minimum Gasteiger partial charge on any atom is -0.352 e. The van der Waals surface area contributed by atoms with Crippen molar-refractivity contribution in [1.82, 2.24) is 15.5 Å². The molecular weight excluding hydrogens is 330 g/mol. The van der Waals surface area contributed by atoms with Crippen LogP contribution in [0.25, 0.3) is 11.1 Å². The first-order valence-corrected chi connectivity index (χ1v) is 10.0. The number of rotatable bonds is 4. The average Bonchev–Trinajstić information content (AvgIpc) is 3.25. The fraction of sp³-hybridized carbons (Fsp3) is 0.562. The highest BCUT2D eigenvalue weighted by atomic mass is 32.2. The molecule has 1 N–H and O–H groups in total. The number of pyridine rings is 1. The Morgan fingerprint density at radius 2 is 2.17 bits per heavy atom. The Bertz CT molecular complexity index is 915. The number of hydrogen-bond donors (Lipinski definition) is 1. The van der Waals surface area contributed by atoms with Crippen LogP contribution in [-0.2, 0) is 9.84 Å². The molecule has 0 spiro atoms. The van der Waals surface area contributed by atoms with Gasteiger partial charge in [-0.25, -0.2) is 13.4 Å². The van der Waals surface area contributed by atoms with Crippen molar-refractivity contribution in [2.75, 3.05) is 18.1 Å². The predicted octanol–water partition coefficient (Wildman–Crippen LogP) is 1.57. The third-order valence-electron chi connectivity index (χ3n) is 4.76. The van der Waals surface area contributed by atoms with Gasteiger partial charge in [0.05, 0.1) is 28.1 Å². The molecule has 2 aromatic rings. The minimum absolute atomic E-state index is 0.0113. The Morgan fingerprint density at radius 1 is 1.38 bits per heavy atom. The highest BCUT2D eigenvalue weighted by Crippen LogP contribution is 2.40. The van der Waals surface area contributed by atoms with Crippen LogP contribution >= 0.6 is 0 Å². The summed E-state index contributed by atoms with van der Waals surface area (Å²) in [7, 11) is -2.94. The highest BCUT2D eigenvalue weighted by Gasteiger charge is 2.30. The van der Waals surface area contributed by atoms with Crippen molar-refractivity contribution in [2.24, 2.45) is 5.92 Å². The normalized spacial score (nSPS) is 22.8. The van der Waals surface area contributed by atoms with E-state index in [0.29, 0.717) is 41.2 Å². The number of sulfone groups is 1. The maximum atomic E-state index is 12.7. The van der Waals surface area contributed by atoms with Gasteiger partial charge in [0.15, 0.2) is 9.84 Å². The van der Waals surface area contributed by atoms with Crippen LogP contribution in [0, 0.1) is 12.8 Å². The monoisotopic (exact) mass is 349 g/mol. The van der Waals surface area contributed by atoms with Gasteiger partial charge in [0.1, 0.15) is 0 Å². The molecule has 0 bridgehead atoms. The van der Waals surface area contributed by atoms with E-state index in [9.17, 15) is 13.2 Å². The Balaban J connectivity index is 1.58. The lowest BCUT2D eigenvalue weighted by Gasteiger charge is -2.11. The molecule has 128 valence electrons. The largest absolute Gasteiger partial charge is 0.352 e. The summed E-state index contributed by atoms with van der Waals surface area (Å²) in [6.45, 7) is 2.15. The van der Waals surface area contributed by atoms with Gasteiger partial charge in [-0.05, 0) is 38.2 Å². The summed E-state index contributed by atoms with van der Waals surface area (Å²) in [5.41, 5.74) is 2.41. The number of nitrogens with zero attached hydrogens (tertiary/aromatic N) is 2. The van der Waals surface area contributed by atoms with Crippen LogP contribution < -0.4 is 5.32 Å². The van der Waals surface area contributed by atoms with Crippen molar-refractivity contribution in [2.45, 2.75) is 32.1 Å². The number of fused-ring (bicyclic) bond motifs is 1. The molecule has 1 amide bonds. The highest BCUT2D eigenvalue weighted by molar-refractivity contribution is 7.91. The summed E-state index contributed by atoms with van der Waals surface area (Å²) in [6, 6.07) is 1.82. The second kappa shape index (κ2) is 5.54. The maximum absolute atomic E-state index is 12.7. The topological polar surface area (TPSA) is 102 Å². The van der Waals surface area contributed by atoms with Crippen molar-refractivity contribution in [3.8, 4) is 0 Å². The van der Waals surface area contributed by atoms with Gasteiger partial charge >= 0.3 is 0 Å². The molecule has 2 aliphatic rings. The third kappa shape index (κ3) is 2.90. The van der Waals surface area contributed by atoms with Crippen molar-refractivity contribution in [3.05, 3.63) is 23.0 Å². The summed E-state index contributed by atoms with van der Waals surface area (Å²) in [5.74, 6) is 0.524. The van der Waals surface area contributed by atoms with E-state index < -0.39 is 9.84 Å². The first-order valence-electron chi connectivity index (χ1n) is 8.18. The molecule has 3 heterocycles. The molecule has 7 nitrogen and oxygen atoms in total. The first kappa shape index (κ1) is 15.6. The lowest BCUT2D eigenvalue weighted by Crippen LogP contribution is -2.30. The van der Waals surface area contributed by atoms with Gasteiger partial charge in [-0.3, -0.25) is 4.79 Å². The zero-order valence-electron chi connectivity index (χ0n) is 13.4.